The van der Waals surface area contributed by atoms with Crippen LogP contribution in [0.2, 0.25) is 0 Å². The number of ether oxygens (including phenoxy) is 3. The van der Waals surface area contributed by atoms with Gasteiger partial charge in [-0.05, 0) is 29.4 Å². The van der Waals surface area contributed by atoms with E-state index in [1.165, 1.54) is 24.0 Å². The lowest BCUT2D eigenvalue weighted by atomic mass is 9.72. The van der Waals surface area contributed by atoms with Crippen molar-refractivity contribution in [3.8, 4) is 0 Å². The highest BCUT2D eigenvalue weighted by molar-refractivity contribution is 5.41. The zero-order valence-electron chi connectivity index (χ0n) is 11.1. The zero-order chi connectivity index (χ0) is 12.6. The van der Waals surface area contributed by atoms with Gasteiger partial charge in [0.25, 0.3) is 0 Å². The SMILES string of the molecule is c1ccc2c(c1)[C@H]1O[C@H]3O[C@H]4O[C@@H]2[C@H]2[C@H]1[C@@H]3C1(CC1)[C@@H]42. The summed E-state index contributed by atoms with van der Waals surface area (Å²) in [5.41, 5.74) is 3.25. The van der Waals surface area contributed by atoms with Crippen LogP contribution in [0.5, 0.6) is 0 Å². The van der Waals surface area contributed by atoms with Crippen molar-refractivity contribution in [2.24, 2.45) is 29.1 Å². The summed E-state index contributed by atoms with van der Waals surface area (Å²) in [4.78, 5) is 0. The lowest BCUT2D eigenvalue weighted by Crippen LogP contribution is -2.43. The first kappa shape index (κ1) is 9.93. The Hall–Kier alpha value is -0.900. The van der Waals surface area contributed by atoms with Crippen LogP contribution >= 0.6 is 0 Å². The Labute approximate surface area is 117 Å². The summed E-state index contributed by atoms with van der Waals surface area (Å²) < 4.78 is 19.0. The summed E-state index contributed by atoms with van der Waals surface area (Å²) in [6, 6.07) is 8.75. The largest absolute Gasteiger partial charge is 0.344 e. The summed E-state index contributed by atoms with van der Waals surface area (Å²) in [5.74, 6) is 2.55. The van der Waals surface area contributed by atoms with Crippen molar-refractivity contribution in [2.45, 2.75) is 37.6 Å². The van der Waals surface area contributed by atoms with Crippen LogP contribution in [0.15, 0.2) is 24.3 Å². The maximum Gasteiger partial charge on any atom is 0.165 e. The molecule has 3 heterocycles. The normalized spacial score (nSPS) is 57.4. The molecule has 20 heavy (non-hydrogen) atoms. The Morgan fingerprint density at radius 3 is 1.85 bits per heavy atom. The molecule has 1 aromatic rings. The number of rotatable bonds is 0. The first-order valence-corrected chi connectivity index (χ1v) is 7.94. The molecule has 1 spiro atoms. The quantitative estimate of drug-likeness (QED) is 0.724. The fourth-order valence-electron chi connectivity index (χ4n) is 6.56. The molecular weight excluding hydrogens is 252 g/mol. The molecule has 3 aliphatic heterocycles. The van der Waals surface area contributed by atoms with E-state index in [9.17, 15) is 0 Å². The summed E-state index contributed by atoms with van der Waals surface area (Å²) in [5, 5.41) is 0. The van der Waals surface area contributed by atoms with Gasteiger partial charge in [0, 0.05) is 23.7 Å². The van der Waals surface area contributed by atoms with Crippen LogP contribution in [0.4, 0.5) is 0 Å². The van der Waals surface area contributed by atoms with Crippen molar-refractivity contribution in [1.82, 2.24) is 0 Å². The van der Waals surface area contributed by atoms with E-state index in [4.69, 9.17) is 14.2 Å². The van der Waals surface area contributed by atoms with Gasteiger partial charge in [-0.2, -0.15) is 0 Å². The van der Waals surface area contributed by atoms with E-state index in [2.05, 4.69) is 24.3 Å². The van der Waals surface area contributed by atoms with Gasteiger partial charge >= 0.3 is 0 Å². The minimum Gasteiger partial charge on any atom is -0.344 e. The number of fused-ring (bicyclic) bond motifs is 3. The maximum absolute atomic E-state index is 6.38. The Bertz CT molecular complexity index is 600. The van der Waals surface area contributed by atoms with E-state index in [0.717, 1.165) is 0 Å². The van der Waals surface area contributed by atoms with Gasteiger partial charge in [-0.15, -0.1) is 0 Å². The van der Waals surface area contributed by atoms with E-state index < -0.39 is 0 Å². The average molecular weight is 268 g/mol. The molecule has 8 atom stereocenters. The van der Waals surface area contributed by atoms with Crippen molar-refractivity contribution >= 4 is 0 Å². The molecule has 3 saturated heterocycles. The average Bonchev–Trinajstić information content (AvgIpc) is 2.90. The van der Waals surface area contributed by atoms with Gasteiger partial charge in [-0.1, -0.05) is 24.3 Å². The summed E-state index contributed by atoms with van der Waals surface area (Å²) in [6.45, 7) is 0. The highest BCUT2D eigenvalue weighted by Gasteiger charge is 2.81. The first-order chi connectivity index (χ1) is 9.88. The standard InChI is InChI=1S/C17H16O3/c1-2-4-8-7(3-1)13-9-10-12-16(19-14(8)10)20-15(18-13)11(9)17(12)5-6-17/h1-4,9-16H,5-6H2/t9-,10-,11-,12+,13+,14-,15-,16+/m0/s1. The monoisotopic (exact) mass is 268 g/mol. The molecule has 2 bridgehead atoms. The van der Waals surface area contributed by atoms with Crippen molar-refractivity contribution in [2.75, 3.05) is 0 Å². The minimum atomic E-state index is -0.00847. The van der Waals surface area contributed by atoms with Crippen molar-refractivity contribution in [1.29, 1.82) is 0 Å². The molecule has 3 aliphatic carbocycles. The predicted molar refractivity (Wildman–Crippen MR) is 68.4 cm³/mol. The Morgan fingerprint density at radius 2 is 1.35 bits per heavy atom. The van der Waals surface area contributed by atoms with Crippen LogP contribution in [0.3, 0.4) is 0 Å². The van der Waals surface area contributed by atoms with Gasteiger partial charge in [0.15, 0.2) is 12.6 Å². The third kappa shape index (κ3) is 0.786. The molecular formula is C17H16O3. The second-order valence-electron chi connectivity index (χ2n) is 7.55. The van der Waals surface area contributed by atoms with Crippen LogP contribution in [-0.2, 0) is 14.2 Å². The molecule has 0 N–H and O–H groups in total. The Balaban J connectivity index is 1.57. The zero-order valence-corrected chi connectivity index (χ0v) is 11.1. The highest BCUT2D eigenvalue weighted by Crippen LogP contribution is 2.82. The van der Waals surface area contributed by atoms with E-state index in [0.29, 0.717) is 29.1 Å². The number of hydrogen-bond donors (Lipinski definition) is 0. The van der Waals surface area contributed by atoms with Gasteiger partial charge in [0.05, 0.1) is 12.2 Å². The molecule has 102 valence electrons. The lowest BCUT2D eigenvalue weighted by Gasteiger charge is -2.37. The third-order valence-electron chi connectivity index (χ3n) is 7.15. The molecule has 3 heteroatoms. The molecule has 0 amide bonds. The van der Waals surface area contributed by atoms with Gasteiger partial charge in [0.1, 0.15) is 0 Å². The third-order valence-corrected chi connectivity index (χ3v) is 7.15. The second-order valence-corrected chi connectivity index (χ2v) is 7.55. The van der Waals surface area contributed by atoms with Crippen LogP contribution in [0, 0.1) is 29.1 Å². The second kappa shape index (κ2) is 2.72. The van der Waals surface area contributed by atoms with Crippen molar-refractivity contribution in [3.05, 3.63) is 35.4 Å². The fourth-order valence-corrected chi connectivity index (χ4v) is 6.56. The molecule has 5 fully saturated rings. The van der Waals surface area contributed by atoms with Crippen LogP contribution < -0.4 is 0 Å². The van der Waals surface area contributed by atoms with E-state index >= 15 is 0 Å². The number of benzene rings is 1. The Morgan fingerprint density at radius 1 is 0.800 bits per heavy atom. The Kier molecular flexibility index (Phi) is 1.35. The van der Waals surface area contributed by atoms with Gasteiger partial charge in [0.2, 0.25) is 0 Å². The lowest BCUT2D eigenvalue weighted by molar-refractivity contribution is -0.288. The van der Waals surface area contributed by atoms with Crippen LogP contribution in [0.25, 0.3) is 0 Å². The molecule has 7 rings (SSSR count). The van der Waals surface area contributed by atoms with E-state index in [1.807, 2.05) is 0 Å². The molecule has 0 radical (unpaired) electrons. The summed E-state index contributed by atoms with van der Waals surface area (Å²) >= 11 is 0. The smallest absolute Gasteiger partial charge is 0.165 e. The van der Waals surface area contributed by atoms with E-state index in [-0.39, 0.29) is 24.8 Å². The fraction of sp³-hybridized carbons (Fsp3) is 0.647. The molecule has 1 aromatic carbocycles. The first-order valence-electron chi connectivity index (χ1n) is 7.94. The molecule has 6 aliphatic rings. The van der Waals surface area contributed by atoms with Crippen LogP contribution in [-0.4, -0.2) is 12.6 Å². The summed E-state index contributed by atoms with van der Waals surface area (Å²) in [6.07, 6.45) is 3.24. The molecule has 3 nitrogen and oxygen atoms in total. The van der Waals surface area contributed by atoms with Gasteiger partial charge in [-0.25, -0.2) is 0 Å². The predicted octanol–water partition coefficient (Wildman–Crippen LogP) is 2.78. The topological polar surface area (TPSA) is 27.7 Å². The number of hydrogen-bond acceptors (Lipinski definition) is 3. The van der Waals surface area contributed by atoms with Gasteiger partial charge in [-0.3, -0.25) is 0 Å². The van der Waals surface area contributed by atoms with Crippen molar-refractivity contribution in [3.63, 3.8) is 0 Å². The molecule has 0 aromatic heterocycles. The minimum absolute atomic E-state index is 0.00847. The molecule has 0 unspecified atom stereocenters. The van der Waals surface area contributed by atoms with Crippen molar-refractivity contribution < 1.29 is 14.2 Å². The maximum atomic E-state index is 6.38. The van der Waals surface area contributed by atoms with E-state index in [1.54, 1.807) is 0 Å². The van der Waals surface area contributed by atoms with Crippen LogP contribution in [0.1, 0.15) is 36.2 Å². The highest BCUT2D eigenvalue weighted by atomic mass is 16.8. The van der Waals surface area contributed by atoms with Gasteiger partial charge < -0.3 is 14.2 Å². The molecule has 2 saturated carbocycles. The summed E-state index contributed by atoms with van der Waals surface area (Å²) in [7, 11) is 0.